The molecule has 1 aliphatic rings. The minimum atomic E-state index is 1.05. The van der Waals surface area contributed by atoms with Crippen molar-refractivity contribution in [2.45, 2.75) is 6.92 Å². The van der Waals surface area contributed by atoms with Crippen molar-refractivity contribution in [1.29, 1.82) is 0 Å². The first-order valence-corrected chi connectivity index (χ1v) is 8.36. The van der Waals surface area contributed by atoms with Gasteiger partial charge in [-0.15, -0.1) is 0 Å². The molecule has 0 atom stereocenters. The van der Waals surface area contributed by atoms with Gasteiger partial charge in [-0.25, -0.2) is 0 Å². The molecule has 1 saturated heterocycles. The number of benzene rings is 2. The second kappa shape index (κ2) is 5.74. The Balaban J connectivity index is 2.03. The first-order chi connectivity index (χ1) is 11.3. The molecule has 1 aliphatic heterocycles. The zero-order chi connectivity index (χ0) is 15.8. The maximum absolute atomic E-state index is 3.46. The van der Waals surface area contributed by atoms with Gasteiger partial charge in [0.05, 0.1) is 5.52 Å². The number of aryl methyl sites for hydroxylation is 2. The summed E-state index contributed by atoms with van der Waals surface area (Å²) in [6, 6.07) is 17.4. The van der Waals surface area contributed by atoms with Crippen molar-refractivity contribution in [2.24, 2.45) is 7.05 Å². The Morgan fingerprint density at radius 1 is 0.913 bits per heavy atom. The Morgan fingerprint density at radius 3 is 2.39 bits per heavy atom. The van der Waals surface area contributed by atoms with E-state index in [4.69, 9.17) is 0 Å². The van der Waals surface area contributed by atoms with E-state index in [2.05, 4.69) is 77.3 Å². The number of nitrogens with one attached hydrogen (secondary N) is 1. The summed E-state index contributed by atoms with van der Waals surface area (Å²) in [7, 11) is 2.21. The molecule has 3 aromatic rings. The van der Waals surface area contributed by atoms with Gasteiger partial charge in [0, 0.05) is 44.2 Å². The molecule has 1 fully saturated rings. The highest BCUT2D eigenvalue weighted by Crippen LogP contribution is 2.41. The van der Waals surface area contributed by atoms with Crippen molar-refractivity contribution in [3.63, 3.8) is 0 Å². The van der Waals surface area contributed by atoms with Crippen LogP contribution in [-0.2, 0) is 7.05 Å². The molecular formula is C20H23N3. The molecule has 0 bridgehead atoms. The molecule has 23 heavy (non-hydrogen) atoms. The van der Waals surface area contributed by atoms with Gasteiger partial charge in [0.25, 0.3) is 0 Å². The van der Waals surface area contributed by atoms with Gasteiger partial charge in [-0.1, -0.05) is 48.5 Å². The normalized spacial score (nSPS) is 15.3. The first kappa shape index (κ1) is 14.3. The van der Waals surface area contributed by atoms with Gasteiger partial charge < -0.3 is 14.8 Å². The third-order valence-corrected chi connectivity index (χ3v) is 4.86. The van der Waals surface area contributed by atoms with E-state index in [1.807, 2.05) is 0 Å². The van der Waals surface area contributed by atoms with Crippen LogP contribution < -0.4 is 10.2 Å². The summed E-state index contributed by atoms with van der Waals surface area (Å²) in [4.78, 5) is 2.53. The van der Waals surface area contributed by atoms with E-state index < -0.39 is 0 Å². The molecule has 4 rings (SSSR count). The summed E-state index contributed by atoms with van der Waals surface area (Å²) in [5.74, 6) is 1.35. The summed E-state index contributed by atoms with van der Waals surface area (Å²) >= 11 is 0. The molecular weight excluding hydrogens is 282 g/mol. The van der Waals surface area contributed by atoms with Crippen LogP contribution in [-0.4, -0.2) is 30.7 Å². The Morgan fingerprint density at radius 2 is 1.65 bits per heavy atom. The van der Waals surface area contributed by atoms with Gasteiger partial charge >= 0.3 is 0 Å². The van der Waals surface area contributed by atoms with Crippen LogP contribution in [0.3, 0.4) is 0 Å². The lowest BCUT2D eigenvalue weighted by Gasteiger charge is -2.31. The molecule has 1 aromatic heterocycles. The van der Waals surface area contributed by atoms with Crippen LogP contribution in [0, 0.1) is 6.92 Å². The Hall–Kier alpha value is -2.26. The monoisotopic (exact) mass is 305 g/mol. The third-order valence-electron chi connectivity index (χ3n) is 4.86. The smallest absolute Gasteiger partial charge is 0.117 e. The number of rotatable bonds is 2. The minimum absolute atomic E-state index is 1.05. The number of aromatic nitrogens is 1. The van der Waals surface area contributed by atoms with E-state index in [0.29, 0.717) is 0 Å². The lowest BCUT2D eigenvalue weighted by atomic mass is 10.0. The van der Waals surface area contributed by atoms with Crippen LogP contribution in [0.2, 0.25) is 0 Å². The van der Waals surface area contributed by atoms with Crippen molar-refractivity contribution >= 4 is 16.7 Å². The van der Waals surface area contributed by atoms with Crippen LogP contribution >= 0.6 is 0 Å². The molecule has 118 valence electrons. The average molecular weight is 305 g/mol. The Labute approximate surface area is 137 Å². The number of anilines is 1. The number of hydrogen-bond donors (Lipinski definition) is 1. The van der Waals surface area contributed by atoms with Crippen LogP contribution in [0.1, 0.15) is 5.56 Å². The fourth-order valence-electron chi connectivity index (χ4n) is 3.84. The Bertz CT molecular complexity index is 827. The second-order valence-corrected chi connectivity index (χ2v) is 6.33. The highest BCUT2D eigenvalue weighted by molar-refractivity contribution is 6.04. The molecule has 0 radical (unpaired) electrons. The van der Waals surface area contributed by atoms with E-state index >= 15 is 0 Å². The van der Waals surface area contributed by atoms with E-state index in [1.54, 1.807) is 0 Å². The van der Waals surface area contributed by atoms with E-state index in [9.17, 15) is 0 Å². The van der Waals surface area contributed by atoms with E-state index in [0.717, 1.165) is 26.2 Å². The lowest BCUT2D eigenvalue weighted by Crippen LogP contribution is -2.44. The van der Waals surface area contributed by atoms with E-state index in [-0.39, 0.29) is 0 Å². The van der Waals surface area contributed by atoms with Crippen LogP contribution in [0.5, 0.6) is 0 Å². The summed E-state index contributed by atoms with van der Waals surface area (Å²) in [6.07, 6.45) is 0. The number of piperazine rings is 1. The molecule has 0 amide bonds. The highest BCUT2D eigenvalue weighted by atomic mass is 15.3. The predicted molar refractivity (Wildman–Crippen MR) is 98.2 cm³/mol. The summed E-state index contributed by atoms with van der Waals surface area (Å²) in [5.41, 5.74) is 5.36. The fourth-order valence-corrected chi connectivity index (χ4v) is 3.84. The van der Waals surface area contributed by atoms with E-state index in [1.165, 1.54) is 33.4 Å². The molecule has 3 nitrogen and oxygen atoms in total. The predicted octanol–water partition coefficient (Wildman–Crippen LogP) is 3.56. The molecule has 0 unspecified atom stereocenters. The van der Waals surface area contributed by atoms with Crippen molar-refractivity contribution in [3.05, 3.63) is 54.1 Å². The molecule has 0 saturated carbocycles. The SMILES string of the molecule is Cc1cccc2c(-c3ccccc3)c(N3CCNCC3)n(C)c12. The number of hydrogen-bond acceptors (Lipinski definition) is 2. The van der Waals surface area contributed by atoms with Crippen molar-refractivity contribution in [3.8, 4) is 11.1 Å². The standard InChI is InChI=1S/C20H23N3/c1-15-7-6-10-17-18(16-8-4-3-5-9-16)20(22(2)19(15)17)23-13-11-21-12-14-23/h3-10,21H,11-14H2,1-2H3. The number of para-hydroxylation sites is 1. The summed E-state index contributed by atoms with van der Waals surface area (Å²) in [5, 5.41) is 4.81. The van der Waals surface area contributed by atoms with Gasteiger partial charge in [0.1, 0.15) is 5.82 Å². The zero-order valence-electron chi connectivity index (χ0n) is 13.8. The highest BCUT2D eigenvalue weighted by Gasteiger charge is 2.23. The van der Waals surface area contributed by atoms with Crippen molar-refractivity contribution < 1.29 is 0 Å². The summed E-state index contributed by atoms with van der Waals surface area (Å²) in [6.45, 7) is 6.42. The van der Waals surface area contributed by atoms with Crippen molar-refractivity contribution in [1.82, 2.24) is 9.88 Å². The maximum Gasteiger partial charge on any atom is 0.117 e. The van der Waals surface area contributed by atoms with Crippen LogP contribution in [0.4, 0.5) is 5.82 Å². The Kier molecular flexibility index (Phi) is 3.58. The largest absolute Gasteiger partial charge is 0.355 e. The summed E-state index contributed by atoms with van der Waals surface area (Å²) < 4.78 is 2.39. The molecule has 3 heteroatoms. The first-order valence-electron chi connectivity index (χ1n) is 8.36. The zero-order valence-corrected chi connectivity index (χ0v) is 13.8. The average Bonchev–Trinajstić information content (AvgIpc) is 2.90. The van der Waals surface area contributed by atoms with Gasteiger partial charge in [0.15, 0.2) is 0 Å². The van der Waals surface area contributed by atoms with Crippen molar-refractivity contribution in [2.75, 3.05) is 31.1 Å². The molecule has 0 aliphatic carbocycles. The van der Waals surface area contributed by atoms with Crippen LogP contribution in [0.15, 0.2) is 48.5 Å². The van der Waals surface area contributed by atoms with Gasteiger partial charge in [-0.05, 0) is 18.1 Å². The van der Waals surface area contributed by atoms with Gasteiger partial charge in [-0.3, -0.25) is 0 Å². The fraction of sp³-hybridized carbons (Fsp3) is 0.300. The molecule has 2 aromatic carbocycles. The second-order valence-electron chi connectivity index (χ2n) is 6.33. The van der Waals surface area contributed by atoms with Gasteiger partial charge in [-0.2, -0.15) is 0 Å². The molecule has 1 N–H and O–H groups in total. The quantitative estimate of drug-likeness (QED) is 0.781. The lowest BCUT2D eigenvalue weighted by molar-refractivity contribution is 0.580. The molecule has 0 spiro atoms. The maximum atomic E-state index is 3.46. The minimum Gasteiger partial charge on any atom is -0.355 e. The molecule has 2 heterocycles. The van der Waals surface area contributed by atoms with Gasteiger partial charge in [0.2, 0.25) is 0 Å². The topological polar surface area (TPSA) is 20.2 Å². The third kappa shape index (κ3) is 2.32. The number of fused-ring (bicyclic) bond motifs is 1. The number of nitrogens with zero attached hydrogens (tertiary/aromatic N) is 2. The van der Waals surface area contributed by atoms with Crippen LogP contribution in [0.25, 0.3) is 22.0 Å².